The van der Waals surface area contributed by atoms with Crippen molar-refractivity contribution in [3.8, 4) is 0 Å². The molecule has 7 N–H and O–H groups in total. The van der Waals surface area contributed by atoms with E-state index in [4.69, 9.17) is 14.0 Å². The van der Waals surface area contributed by atoms with Crippen LogP contribution in [0.25, 0.3) is 0 Å². The number of nitrogens with one attached hydrogen (secondary N) is 1. The van der Waals surface area contributed by atoms with E-state index >= 15 is 0 Å². The predicted octanol–water partition coefficient (Wildman–Crippen LogP) is 1.89. The van der Waals surface area contributed by atoms with E-state index in [1.165, 1.54) is 6.42 Å². The smallest absolute Gasteiger partial charge is 0.394 e. The third kappa shape index (κ3) is 16.6. The molecule has 1 aliphatic heterocycles. The first-order valence-corrected chi connectivity index (χ1v) is 17.0. The summed E-state index contributed by atoms with van der Waals surface area (Å²) in [5.74, 6) is -0.695. The molecule has 0 radical (unpaired) electrons. The summed E-state index contributed by atoms with van der Waals surface area (Å²) in [6.07, 6.45) is 5.17. The van der Waals surface area contributed by atoms with Crippen molar-refractivity contribution in [1.29, 1.82) is 0 Å². The van der Waals surface area contributed by atoms with Gasteiger partial charge in [-0.15, -0.1) is 0 Å². The minimum absolute atomic E-state index is 0.237. The van der Waals surface area contributed by atoms with Gasteiger partial charge in [0, 0.05) is 0 Å². The second kappa shape index (κ2) is 22.3. The van der Waals surface area contributed by atoms with Crippen LogP contribution in [0.3, 0.4) is 0 Å². The summed E-state index contributed by atoms with van der Waals surface area (Å²) in [6.45, 7) is 3.02. The second-order valence-corrected chi connectivity index (χ2v) is 12.2. The number of hydrogen-bond donors (Lipinski definition) is 7. The van der Waals surface area contributed by atoms with E-state index in [0.717, 1.165) is 57.8 Å². The fraction of sp³-hybridized carbons (Fsp3) is 0.897. The zero-order chi connectivity index (χ0) is 32.3. The number of aliphatic hydroxyl groups excluding tert-OH is 5. The average Bonchev–Trinajstić information content (AvgIpc) is 2.96. The van der Waals surface area contributed by atoms with E-state index in [9.17, 15) is 38.7 Å². The van der Waals surface area contributed by atoms with Crippen molar-refractivity contribution in [1.82, 2.24) is 5.32 Å². The topological polar surface area (TPSA) is 212 Å². The monoisotopic (exact) mass is 641 g/mol. The molecule has 254 valence electrons. The Hall–Kier alpha value is -1.20. The molecule has 1 heterocycles. The van der Waals surface area contributed by atoms with Crippen LogP contribution in [0.2, 0.25) is 0 Å². The van der Waals surface area contributed by atoms with E-state index in [1.54, 1.807) is 0 Å². The van der Waals surface area contributed by atoms with Crippen LogP contribution in [0, 0.1) is 0 Å². The van der Waals surface area contributed by atoms with Gasteiger partial charge in [0.2, 0.25) is 5.91 Å². The average molecular weight is 642 g/mol. The summed E-state index contributed by atoms with van der Waals surface area (Å²) in [6, 6.07) is -1.03. The van der Waals surface area contributed by atoms with Gasteiger partial charge >= 0.3 is 10.4 Å². The molecule has 8 atom stereocenters. The first-order valence-electron chi connectivity index (χ1n) is 15.7. The third-order valence-electron chi connectivity index (χ3n) is 7.43. The third-order valence-corrected chi connectivity index (χ3v) is 7.90. The summed E-state index contributed by atoms with van der Waals surface area (Å²) >= 11 is 0. The number of unbranched alkanes of at least 4 members (excludes halogenated alkanes) is 9. The molecule has 0 aromatic rings. The SMILES string of the molecule is CCCC/C=C\CCCCCC(O)C(=O)NC(COC1OC(CO)C(O)C(OS(=O)(=O)O)C1O)C(O)CCCCCCC. The number of rotatable bonds is 24. The molecular formula is C29H55NO12S. The molecule has 0 bridgehead atoms. The molecule has 0 aliphatic carbocycles. The van der Waals surface area contributed by atoms with Crippen molar-refractivity contribution >= 4 is 16.3 Å². The fourth-order valence-corrected chi connectivity index (χ4v) is 5.30. The van der Waals surface area contributed by atoms with Crippen LogP contribution in [0.4, 0.5) is 0 Å². The Kier molecular flexibility index (Phi) is 20.7. The Morgan fingerprint density at radius 1 is 0.907 bits per heavy atom. The lowest BCUT2D eigenvalue weighted by atomic mass is 9.99. The van der Waals surface area contributed by atoms with Gasteiger partial charge in [0.05, 0.1) is 25.4 Å². The maximum atomic E-state index is 12.8. The Bertz CT molecular complexity index is 874. The molecule has 1 aliphatic rings. The quantitative estimate of drug-likeness (QED) is 0.0457. The summed E-state index contributed by atoms with van der Waals surface area (Å²) in [4.78, 5) is 12.8. The van der Waals surface area contributed by atoms with E-state index in [2.05, 4.69) is 35.5 Å². The lowest BCUT2D eigenvalue weighted by Gasteiger charge is -2.41. The number of carbonyl (C=O) groups is 1. The molecule has 43 heavy (non-hydrogen) atoms. The van der Waals surface area contributed by atoms with Gasteiger partial charge in [-0.1, -0.05) is 83.8 Å². The molecule has 0 aromatic heterocycles. The van der Waals surface area contributed by atoms with Gasteiger partial charge in [0.15, 0.2) is 6.29 Å². The second-order valence-electron chi connectivity index (χ2n) is 11.2. The Morgan fingerprint density at radius 2 is 1.51 bits per heavy atom. The Labute approximate surface area is 256 Å². The highest BCUT2D eigenvalue weighted by atomic mass is 32.3. The van der Waals surface area contributed by atoms with Gasteiger partial charge in [-0.05, 0) is 32.1 Å². The summed E-state index contributed by atoms with van der Waals surface area (Å²) in [5, 5.41) is 54.2. The molecule has 1 rings (SSSR count). The van der Waals surface area contributed by atoms with E-state index in [0.29, 0.717) is 19.3 Å². The minimum atomic E-state index is -5.09. The van der Waals surface area contributed by atoms with Crippen LogP contribution in [-0.4, -0.2) is 107 Å². The Balaban J connectivity index is 2.77. The molecule has 14 heteroatoms. The number of aliphatic hydroxyl groups is 5. The number of ether oxygens (including phenoxy) is 2. The molecule has 8 unspecified atom stereocenters. The number of carbonyl (C=O) groups excluding carboxylic acids is 1. The normalized spacial score (nSPS) is 25.1. The van der Waals surface area contributed by atoms with Gasteiger partial charge in [-0.25, -0.2) is 4.18 Å². The lowest BCUT2D eigenvalue weighted by Crippen LogP contribution is -2.61. The van der Waals surface area contributed by atoms with Crippen molar-refractivity contribution in [2.24, 2.45) is 0 Å². The number of amides is 1. The van der Waals surface area contributed by atoms with E-state index in [1.807, 2.05) is 0 Å². The largest absolute Gasteiger partial charge is 0.397 e. The first kappa shape index (κ1) is 39.8. The van der Waals surface area contributed by atoms with Gasteiger partial charge < -0.3 is 40.3 Å². The van der Waals surface area contributed by atoms with Crippen molar-refractivity contribution < 1.29 is 57.0 Å². The van der Waals surface area contributed by atoms with Gasteiger partial charge in [0.25, 0.3) is 0 Å². The lowest BCUT2D eigenvalue weighted by molar-refractivity contribution is -0.298. The van der Waals surface area contributed by atoms with E-state index < -0.39 is 78.5 Å². The molecule has 1 saturated heterocycles. The molecule has 13 nitrogen and oxygen atoms in total. The zero-order valence-electron chi connectivity index (χ0n) is 25.6. The van der Waals surface area contributed by atoms with Gasteiger partial charge in [0.1, 0.15) is 30.5 Å². The van der Waals surface area contributed by atoms with Gasteiger partial charge in [-0.3, -0.25) is 9.35 Å². The highest BCUT2D eigenvalue weighted by Crippen LogP contribution is 2.26. The van der Waals surface area contributed by atoms with Crippen LogP contribution in [0.1, 0.15) is 104 Å². The fourth-order valence-electron chi connectivity index (χ4n) is 4.79. The zero-order valence-corrected chi connectivity index (χ0v) is 26.4. The van der Waals surface area contributed by atoms with Gasteiger partial charge in [-0.2, -0.15) is 8.42 Å². The van der Waals surface area contributed by atoms with Crippen molar-refractivity contribution in [3.05, 3.63) is 12.2 Å². The molecule has 1 fully saturated rings. The highest BCUT2D eigenvalue weighted by molar-refractivity contribution is 7.80. The molecule has 0 saturated carbocycles. The van der Waals surface area contributed by atoms with E-state index in [-0.39, 0.29) is 6.42 Å². The van der Waals surface area contributed by atoms with Crippen LogP contribution in [-0.2, 0) is 28.9 Å². The van der Waals surface area contributed by atoms with Crippen molar-refractivity contribution in [2.75, 3.05) is 13.2 Å². The molecule has 1 amide bonds. The van der Waals surface area contributed by atoms with Crippen LogP contribution in [0.15, 0.2) is 12.2 Å². The maximum absolute atomic E-state index is 12.8. The predicted molar refractivity (Wildman–Crippen MR) is 159 cm³/mol. The van der Waals surface area contributed by atoms with Crippen molar-refractivity contribution in [3.63, 3.8) is 0 Å². The highest BCUT2D eigenvalue weighted by Gasteiger charge is 2.48. The standard InChI is InChI=1S/C29H55NO12S/c1-3-5-7-9-10-11-12-14-16-18-23(33)28(36)30-21(22(32)17-15-13-8-6-4-2)20-40-29-26(35)27(42-43(37,38)39)25(34)24(19-31)41-29/h9-10,21-27,29,31-35H,3-8,11-20H2,1-2H3,(H,30,36)(H,37,38,39)/b10-9-. The van der Waals surface area contributed by atoms with Crippen LogP contribution < -0.4 is 5.32 Å². The number of hydrogen-bond acceptors (Lipinski definition) is 11. The summed E-state index contributed by atoms with van der Waals surface area (Å²) in [5.41, 5.74) is 0. The Morgan fingerprint density at radius 3 is 2.14 bits per heavy atom. The van der Waals surface area contributed by atoms with Crippen molar-refractivity contribution in [2.45, 2.75) is 153 Å². The van der Waals surface area contributed by atoms with Crippen LogP contribution >= 0.6 is 0 Å². The minimum Gasteiger partial charge on any atom is -0.394 e. The summed E-state index contributed by atoms with van der Waals surface area (Å²) in [7, 11) is -5.09. The molecule has 0 spiro atoms. The summed E-state index contributed by atoms with van der Waals surface area (Å²) < 4.78 is 46.8. The first-order chi connectivity index (χ1) is 20.4. The maximum Gasteiger partial charge on any atom is 0.397 e. The number of allylic oxidation sites excluding steroid dienone is 2. The molecule has 0 aromatic carbocycles. The van der Waals surface area contributed by atoms with Crippen LogP contribution in [0.5, 0.6) is 0 Å². The molecular weight excluding hydrogens is 586 g/mol.